The van der Waals surface area contributed by atoms with Crippen molar-refractivity contribution in [3.63, 3.8) is 0 Å². The van der Waals surface area contributed by atoms with Crippen molar-refractivity contribution < 1.29 is 38.8 Å². The van der Waals surface area contributed by atoms with E-state index in [0.29, 0.717) is 22.6 Å². The topological polar surface area (TPSA) is 129 Å². The number of fused-ring (bicyclic) bond motifs is 3. The number of amides is 2. The van der Waals surface area contributed by atoms with Crippen molar-refractivity contribution in [2.75, 3.05) is 20.3 Å². The molecule has 10 heteroatoms. The molecule has 1 heterocycles. The highest BCUT2D eigenvalue weighted by molar-refractivity contribution is 5.96. The number of hydrogen-bond acceptors (Lipinski definition) is 7. The molecule has 0 bridgehead atoms. The lowest BCUT2D eigenvalue weighted by Crippen LogP contribution is -2.55. The summed E-state index contributed by atoms with van der Waals surface area (Å²) in [5.41, 5.74) is 1.60. The molecule has 2 amide bonds. The Kier molecular flexibility index (Phi) is 8.89. The van der Waals surface area contributed by atoms with E-state index in [0.717, 1.165) is 0 Å². The summed E-state index contributed by atoms with van der Waals surface area (Å²) in [6, 6.07) is 8.41. The van der Waals surface area contributed by atoms with Crippen LogP contribution in [0.3, 0.4) is 0 Å². The molecule has 0 unspecified atom stereocenters. The van der Waals surface area contributed by atoms with Crippen molar-refractivity contribution in [2.45, 2.75) is 57.6 Å². The van der Waals surface area contributed by atoms with E-state index in [1.165, 1.54) is 24.2 Å². The van der Waals surface area contributed by atoms with Gasteiger partial charge in [-0.2, -0.15) is 0 Å². The molecular weight excluding hydrogens is 507 g/mol. The van der Waals surface area contributed by atoms with Crippen LogP contribution in [0.4, 0.5) is 4.39 Å². The second-order valence-corrected chi connectivity index (χ2v) is 10.2. The van der Waals surface area contributed by atoms with Crippen LogP contribution in [0.1, 0.15) is 42.9 Å². The summed E-state index contributed by atoms with van der Waals surface area (Å²) in [7, 11) is 1.45. The van der Waals surface area contributed by atoms with Gasteiger partial charge >= 0.3 is 0 Å². The normalized spacial score (nSPS) is 21.5. The highest BCUT2D eigenvalue weighted by atomic mass is 19.1. The fourth-order valence-electron chi connectivity index (χ4n) is 5.26. The van der Waals surface area contributed by atoms with Crippen LogP contribution in [0.5, 0.6) is 11.5 Å². The highest BCUT2D eigenvalue weighted by Crippen LogP contribution is 2.51. The lowest BCUT2D eigenvalue weighted by atomic mass is 9.77. The number of aliphatic hydroxyl groups is 3. The predicted octanol–water partition coefficient (Wildman–Crippen LogP) is 2.02. The van der Waals surface area contributed by atoms with E-state index in [-0.39, 0.29) is 55.7 Å². The van der Waals surface area contributed by atoms with Crippen LogP contribution in [-0.2, 0) is 22.7 Å². The van der Waals surface area contributed by atoms with Gasteiger partial charge in [0.15, 0.2) is 11.5 Å². The van der Waals surface area contributed by atoms with Crippen molar-refractivity contribution in [3.05, 3.63) is 70.6 Å². The molecule has 0 fully saturated rings. The Bertz CT molecular complexity index is 1250. The van der Waals surface area contributed by atoms with Crippen LogP contribution in [0.15, 0.2) is 48.0 Å². The molecule has 2 aromatic rings. The number of methoxy groups -OCH3 is 1. The molecule has 2 aromatic carbocycles. The van der Waals surface area contributed by atoms with E-state index < -0.39 is 35.9 Å². The number of ether oxygens (including phenoxy) is 2. The van der Waals surface area contributed by atoms with Crippen molar-refractivity contribution in [1.29, 1.82) is 0 Å². The number of aliphatic hydroxyl groups excluding tert-OH is 3. The predicted molar refractivity (Wildman–Crippen MR) is 140 cm³/mol. The van der Waals surface area contributed by atoms with E-state index in [1.54, 1.807) is 30.3 Å². The number of nitrogens with zero attached hydrogens (tertiary/aromatic N) is 1. The van der Waals surface area contributed by atoms with E-state index in [1.807, 2.05) is 13.8 Å². The first-order chi connectivity index (χ1) is 18.7. The van der Waals surface area contributed by atoms with Crippen molar-refractivity contribution in [1.82, 2.24) is 10.2 Å². The maximum atomic E-state index is 14.7. The summed E-state index contributed by atoms with van der Waals surface area (Å²) in [5, 5.41) is 33.4. The summed E-state index contributed by atoms with van der Waals surface area (Å²) >= 11 is 0. The quantitative estimate of drug-likeness (QED) is 0.362. The first-order valence-electron chi connectivity index (χ1n) is 13.0. The third kappa shape index (κ3) is 5.78. The monoisotopic (exact) mass is 542 g/mol. The number of hydrogen-bond donors (Lipinski definition) is 4. The molecule has 210 valence electrons. The van der Waals surface area contributed by atoms with Gasteiger partial charge in [0, 0.05) is 36.2 Å². The van der Waals surface area contributed by atoms with Crippen LogP contribution >= 0.6 is 0 Å². The number of carbonyl (C=O) groups is 2. The molecule has 4 N–H and O–H groups in total. The third-order valence-electron chi connectivity index (χ3n) is 7.06. The van der Waals surface area contributed by atoms with Gasteiger partial charge in [-0.3, -0.25) is 9.59 Å². The average molecular weight is 543 g/mol. The average Bonchev–Trinajstić information content (AvgIpc) is 3.31. The van der Waals surface area contributed by atoms with E-state index >= 15 is 0 Å². The standard InChI is InChI=1S/C29H35FN2O7/c1-16(2)10-24(35)32(14-18-6-4-5-7-21(18)30)22-13-20(29(37)31-8-9-33)25-19-11-17(15-34)12-23(38-3)27(19)39-28(25)26(22)36/h4-7,11-13,16,22,25-26,28,33-34,36H,8-10,14-15H2,1-3H3,(H,31,37)/t22-,25+,26+,28+/m1/s1. The maximum absolute atomic E-state index is 14.7. The number of carbonyl (C=O) groups excluding carboxylic acids is 2. The molecule has 1 aliphatic heterocycles. The highest BCUT2D eigenvalue weighted by Gasteiger charge is 2.51. The summed E-state index contributed by atoms with van der Waals surface area (Å²) in [4.78, 5) is 28.3. The lowest BCUT2D eigenvalue weighted by molar-refractivity contribution is -0.138. The van der Waals surface area contributed by atoms with Gasteiger partial charge in [-0.1, -0.05) is 32.0 Å². The number of rotatable bonds is 10. The Labute approximate surface area is 226 Å². The van der Waals surface area contributed by atoms with Gasteiger partial charge in [-0.25, -0.2) is 4.39 Å². The van der Waals surface area contributed by atoms with Crippen LogP contribution in [0.25, 0.3) is 0 Å². The molecule has 4 rings (SSSR count). The number of benzene rings is 2. The SMILES string of the molecule is COc1cc(CO)cc2c1O[C@@H]1[C@@H](O)[C@H](N(Cc3ccccc3F)C(=O)CC(C)C)C=C(C(=O)NCCO)[C@H]21. The van der Waals surface area contributed by atoms with Crippen LogP contribution < -0.4 is 14.8 Å². The Hall–Kier alpha value is -3.47. The molecule has 0 saturated carbocycles. The van der Waals surface area contributed by atoms with Crippen LogP contribution in [0, 0.1) is 11.7 Å². The molecule has 0 spiro atoms. The van der Waals surface area contributed by atoms with Gasteiger partial charge in [-0.15, -0.1) is 0 Å². The zero-order valence-corrected chi connectivity index (χ0v) is 22.3. The molecule has 1 aliphatic carbocycles. The zero-order chi connectivity index (χ0) is 28.3. The summed E-state index contributed by atoms with van der Waals surface area (Å²) in [6.07, 6.45) is -0.557. The van der Waals surface area contributed by atoms with Crippen molar-refractivity contribution >= 4 is 11.8 Å². The minimum atomic E-state index is -1.28. The summed E-state index contributed by atoms with van der Waals surface area (Å²) in [5.74, 6) is -1.36. The van der Waals surface area contributed by atoms with E-state index in [4.69, 9.17) is 9.47 Å². The zero-order valence-electron chi connectivity index (χ0n) is 22.3. The van der Waals surface area contributed by atoms with Crippen molar-refractivity contribution in [3.8, 4) is 11.5 Å². The minimum absolute atomic E-state index is 0.000282. The molecule has 0 aromatic heterocycles. The molecule has 0 radical (unpaired) electrons. The summed E-state index contributed by atoms with van der Waals surface area (Å²) in [6.45, 7) is 3.10. The first kappa shape index (κ1) is 28.5. The van der Waals surface area contributed by atoms with E-state index in [2.05, 4.69) is 5.32 Å². The van der Waals surface area contributed by atoms with Gasteiger partial charge in [0.25, 0.3) is 0 Å². The minimum Gasteiger partial charge on any atom is -0.493 e. The Balaban J connectivity index is 1.83. The third-order valence-corrected chi connectivity index (χ3v) is 7.06. The van der Waals surface area contributed by atoms with Gasteiger partial charge in [0.05, 0.1) is 32.3 Å². The lowest BCUT2D eigenvalue weighted by Gasteiger charge is -2.41. The van der Waals surface area contributed by atoms with Gasteiger partial charge < -0.3 is 35.0 Å². The second-order valence-electron chi connectivity index (χ2n) is 10.2. The Morgan fingerprint density at radius 2 is 1.95 bits per heavy atom. The molecule has 4 atom stereocenters. The summed E-state index contributed by atoms with van der Waals surface area (Å²) < 4.78 is 26.3. The van der Waals surface area contributed by atoms with E-state index in [9.17, 15) is 29.3 Å². The fourth-order valence-corrected chi connectivity index (χ4v) is 5.26. The molecular formula is C29H35FN2O7. The molecule has 2 aliphatic rings. The molecule has 39 heavy (non-hydrogen) atoms. The number of nitrogens with one attached hydrogen (secondary N) is 1. The second kappa shape index (κ2) is 12.1. The van der Waals surface area contributed by atoms with Crippen LogP contribution in [-0.4, -0.2) is 70.5 Å². The first-order valence-corrected chi connectivity index (χ1v) is 13.0. The Morgan fingerprint density at radius 3 is 2.59 bits per heavy atom. The van der Waals surface area contributed by atoms with Gasteiger partial charge in [0.1, 0.15) is 18.0 Å². The van der Waals surface area contributed by atoms with Gasteiger partial charge in [-0.05, 0) is 35.8 Å². The maximum Gasteiger partial charge on any atom is 0.247 e. The van der Waals surface area contributed by atoms with Gasteiger partial charge in [0.2, 0.25) is 11.8 Å². The largest absolute Gasteiger partial charge is 0.493 e. The molecule has 9 nitrogen and oxygen atoms in total. The molecule has 0 saturated heterocycles. The smallest absolute Gasteiger partial charge is 0.247 e. The fraction of sp³-hybridized carbons (Fsp3) is 0.448. The van der Waals surface area contributed by atoms with Crippen molar-refractivity contribution in [2.24, 2.45) is 5.92 Å². The Morgan fingerprint density at radius 1 is 1.21 bits per heavy atom. The van der Waals surface area contributed by atoms with Crippen LogP contribution in [0.2, 0.25) is 0 Å². The number of halogens is 1.